The van der Waals surface area contributed by atoms with Crippen molar-refractivity contribution in [3.8, 4) is 11.8 Å². The van der Waals surface area contributed by atoms with Crippen LogP contribution in [-0.4, -0.2) is 11.7 Å². The van der Waals surface area contributed by atoms with E-state index in [0.29, 0.717) is 18.8 Å². The zero-order valence-corrected chi connectivity index (χ0v) is 9.73. The smallest absolute Gasteiger partial charge is 0.124 e. The summed E-state index contributed by atoms with van der Waals surface area (Å²) >= 11 is 0. The van der Waals surface area contributed by atoms with E-state index in [1.165, 1.54) is 0 Å². The maximum absolute atomic E-state index is 9.09. The van der Waals surface area contributed by atoms with Crippen LogP contribution < -0.4 is 4.74 Å². The summed E-state index contributed by atoms with van der Waals surface area (Å²) in [5.41, 5.74) is 0.408. The highest BCUT2D eigenvalue weighted by atomic mass is 16.5. The van der Waals surface area contributed by atoms with Crippen LogP contribution in [0.3, 0.4) is 0 Å². The van der Waals surface area contributed by atoms with Gasteiger partial charge in [0.25, 0.3) is 0 Å². The lowest BCUT2D eigenvalue weighted by atomic mass is 9.92. The van der Waals surface area contributed by atoms with Crippen molar-refractivity contribution < 1.29 is 9.84 Å². The van der Waals surface area contributed by atoms with Crippen molar-refractivity contribution in [1.29, 1.82) is 5.26 Å². The number of aliphatic hydroxyl groups is 1. The van der Waals surface area contributed by atoms with E-state index in [9.17, 15) is 0 Å². The Morgan fingerprint density at radius 1 is 1.38 bits per heavy atom. The summed E-state index contributed by atoms with van der Waals surface area (Å²) in [6.45, 7) is 4.22. The van der Waals surface area contributed by atoms with Gasteiger partial charge < -0.3 is 9.84 Å². The number of hydrogen-bond donors (Lipinski definition) is 1. The van der Waals surface area contributed by atoms with Crippen molar-refractivity contribution in [1.82, 2.24) is 0 Å². The Labute approximate surface area is 96.3 Å². The van der Waals surface area contributed by atoms with Gasteiger partial charge in [-0.05, 0) is 26.3 Å². The average Bonchev–Trinajstić information content (AvgIpc) is 2.29. The van der Waals surface area contributed by atoms with Crippen LogP contribution in [0.2, 0.25) is 0 Å². The number of nitriles is 1. The topological polar surface area (TPSA) is 53.2 Å². The summed E-state index contributed by atoms with van der Waals surface area (Å²) in [4.78, 5) is 0. The van der Waals surface area contributed by atoms with Gasteiger partial charge in [0.2, 0.25) is 0 Å². The molecule has 0 aliphatic rings. The van der Waals surface area contributed by atoms with Crippen LogP contribution >= 0.6 is 0 Å². The Hall–Kier alpha value is -1.53. The Kier molecular flexibility index (Phi) is 4.33. The maximum atomic E-state index is 9.09. The van der Waals surface area contributed by atoms with Gasteiger partial charge in [0, 0.05) is 5.56 Å². The fraction of sp³-hybridized carbons (Fsp3) is 0.462. The molecule has 0 fully saturated rings. The van der Waals surface area contributed by atoms with Gasteiger partial charge in [-0.1, -0.05) is 18.2 Å². The molecule has 0 aliphatic carbocycles. The highest BCUT2D eigenvalue weighted by Gasteiger charge is 2.16. The van der Waals surface area contributed by atoms with E-state index in [-0.39, 0.29) is 12.0 Å². The number of benzene rings is 1. The standard InChI is InChI=1S/C13H17NO2/c1-13(2,10-14)7-8-16-12-6-4-3-5-11(12)9-15/h3-6,15H,7-9H2,1-2H3. The van der Waals surface area contributed by atoms with Crippen LogP contribution in [0.5, 0.6) is 5.75 Å². The molecule has 1 rings (SSSR count). The van der Waals surface area contributed by atoms with E-state index in [0.717, 1.165) is 5.56 Å². The summed E-state index contributed by atoms with van der Waals surface area (Å²) in [5, 5.41) is 17.9. The first-order valence-electron chi connectivity index (χ1n) is 5.32. The fourth-order valence-corrected chi connectivity index (χ4v) is 1.25. The molecule has 1 aromatic rings. The molecule has 1 aromatic carbocycles. The van der Waals surface area contributed by atoms with Gasteiger partial charge in [0.1, 0.15) is 5.75 Å². The van der Waals surface area contributed by atoms with Gasteiger partial charge in [-0.15, -0.1) is 0 Å². The Morgan fingerprint density at radius 2 is 2.06 bits per heavy atom. The number of nitrogens with zero attached hydrogens (tertiary/aromatic N) is 1. The molecule has 16 heavy (non-hydrogen) atoms. The van der Waals surface area contributed by atoms with Gasteiger partial charge in [-0.3, -0.25) is 0 Å². The molecule has 0 heterocycles. The van der Waals surface area contributed by atoms with Crippen LogP contribution in [0.4, 0.5) is 0 Å². The van der Waals surface area contributed by atoms with E-state index in [4.69, 9.17) is 15.1 Å². The molecule has 3 heteroatoms. The number of hydrogen-bond acceptors (Lipinski definition) is 3. The number of rotatable bonds is 5. The predicted molar refractivity (Wildman–Crippen MR) is 61.9 cm³/mol. The van der Waals surface area contributed by atoms with E-state index in [2.05, 4.69) is 6.07 Å². The van der Waals surface area contributed by atoms with Gasteiger partial charge >= 0.3 is 0 Å². The molecule has 3 nitrogen and oxygen atoms in total. The largest absolute Gasteiger partial charge is 0.493 e. The lowest BCUT2D eigenvalue weighted by Crippen LogP contribution is -2.13. The van der Waals surface area contributed by atoms with Crippen LogP contribution in [-0.2, 0) is 6.61 Å². The number of aliphatic hydroxyl groups excluding tert-OH is 1. The molecule has 0 unspecified atom stereocenters. The summed E-state index contributed by atoms with van der Waals surface area (Å²) in [5.74, 6) is 0.693. The molecular weight excluding hydrogens is 202 g/mol. The van der Waals surface area contributed by atoms with Crippen molar-refractivity contribution in [3.63, 3.8) is 0 Å². The number of para-hydroxylation sites is 1. The van der Waals surface area contributed by atoms with Crippen molar-refractivity contribution >= 4 is 0 Å². The molecule has 0 aromatic heterocycles. The van der Waals surface area contributed by atoms with Crippen molar-refractivity contribution in [2.24, 2.45) is 5.41 Å². The van der Waals surface area contributed by atoms with Crippen LogP contribution in [0.15, 0.2) is 24.3 Å². The summed E-state index contributed by atoms with van der Waals surface area (Å²) in [7, 11) is 0. The molecular formula is C13H17NO2. The third-order valence-electron chi connectivity index (χ3n) is 2.43. The minimum absolute atomic E-state index is 0.0299. The predicted octanol–water partition coefficient (Wildman–Crippen LogP) is 2.50. The zero-order chi connectivity index (χ0) is 12.0. The van der Waals surface area contributed by atoms with E-state index in [1.807, 2.05) is 38.1 Å². The molecule has 0 amide bonds. The SMILES string of the molecule is CC(C)(C#N)CCOc1ccccc1CO. The molecule has 0 saturated heterocycles. The van der Waals surface area contributed by atoms with Crippen molar-refractivity contribution in [2.75, 3.05) is 6.61 Å². The third kappa shape index (κ3) is 3.56. The van der Waals surface area contributed by atoms with Gasteiger partial charge in [0.05, 0.1) is 24.7 Å². The molecule has 0 spiro atoms. The number of ether oxygens (including phenoxy) is 1. The van der Waals surface area contributed by atoms with Gasteiger partial charge in [-0.2, -0.15) is 5.26 Å². The van der Waals surface area contributed by atoms with Crippen molar-refractivity contribution in [3.05, 3.63) is 29.8 Å². The van der Waals surface area contributed by atoms with Crippen LogP contribution in [0.25, 0.3) is 0 Å². The first-order chi connectivity index (χ1) is 7.59. The molecule has 86 valence electrons. The molecule has 0 radical (unpaired) electrons. The monoisotopic (exact) mass is 219 g/mol. The minimum atomic E-state index is -0.367. The zero-order valence-electron chi connectivity index (χ0n) is 9.73. The quantitative estimate of drug-likeness (QED) is 0.827. The lowest BCUT2D eigenvalue weighted by Gasteiger charge is -2.16. The highest BCUT2D eigenvalue weighted by molar-refractivity contribution is 5.32. The van der Waals surface area contributed by atoms with Crippen LogP contribution in [0.1, 0.15) is 25.8 Å². The average molecular weight is 219 g/mol. The molecule has 0 saturated carbocycles. The molecule has 0 bridgehead atoms. The van der Waals surface area contributed by atoms with Gasteiger partial charge in [0.15, 0.2) is 0 Å². The molecule has 0 atom stereocenters. The summed E-state index contributed by atoms with van der Waals surface area (Å²) in [6.07, 6.45) is 0.670. The maximum Gasteiger partial charge on any atom is 0.124 e. The first kappa shape index (κ1) is 12.5. The van der Waals surface area contributed by atoms with Gasteiger partial charge in [-0.25, -0.2) is 0 Å². The first-order valence-corrected chi connectivity index (χ1v) is 5.32. The van der Waals surface area contributed by atoms with E-state index >= 15 is 0 Å². The van der Waals surface area contributed by atoms with E-state index < -0.39 is 0 Å². The normalized spacial score (nSPS) is 10.9. The fourth-order valence-electron chi connectivity index (χ4n) is 1.25. The Morgan fingerprint density at radius 3 is 2.69 bits per heavy atom. The Balaban J connectivity index is 2.53. The second-order valence-corrected chi connectivity index (χ2v) is 4.36. The summed E-state index contributed by atoms with van der Waals surface area (Å²) in [6, 6.07) is 9.60. The lowest BCUT2D eigenvalue weighted by molar-refractivity contribution is 0.244. The van der Waals surface area contributed by atoms with Crippen LogP contribution in [0, 0.1) is 16.7 Å². The highest BCUT2D eigenvalue weighted by Crippen LogP contribution is 2.21. The van der Waals surface area contributed by atoms with E-state index in [1.54, 1.807) is 0 Å². The molecule has 0 aliphatic heterocycles. The van der Waals surface area contributed by atoms with Crippen molar-refractivity contribution in [2.45, 2.75) is 26.9 Å². The minimum Gasteiger partial charge on any atom is -0.493 e. The molecule has 1 N–H and O–H groups in total. The summed E-state index contributed by atoms with van der Waals surface area (Å²) < 4.78 is 5.55. The second-order valence-electron chi connectivity index (χ2n) is 4.36. The second kappa shape index (κ2) is 5.53. The third-order valence-corrected chi connectivity index (χ3v) is 2.43. The Bertz CT molecular complexity index is 380.